The van der Waals surface area contributed by atoms with Crippen molar-refractivity contribution in [3.05, 3.63) is 48.3 Å². The van der Waals surface area contributed by atoms with Gasteiger partial charge in [0.2, 0.25) is 0 Å². The SMILES string of the molecule is CN(C)CCCn1nc2cc(-c3ccccn3)ccc2c1C1CCN(C(=O)OC(C)(C)C)CC1. The van der Waals surface area contributed by atoms with E-state index in [2.05, 4.69) is 46.9 Å². The van der Waals surface area contributed by atoms with Crippen molar-refractivity contribution >= 4 is 17.0 Å². The van der Waals surface area contributed by atoms with Crippen molar-refractivity contribution in [3.63, 3.8) is 0 Å². The first-order valence-electron chi connectivity index (χ1n) is 12.3. The summed E-state index contributed by atoms with van der Waals surface area (Å²) in [5, 5.41) is 6.25. The fraction of sp³-hybridized carbons (Fsp3) is 0.519. The first-order chi connectivity index (χ1) is 16.2. The molecule has 182 valence electrons. The van der Waals surface area contributed by atoms with Gasteiger partial charge >= 0.3 is 6.09 Å². The summed E-state index contributed by atoms with van der Waals surface area (Å²) < 4.78 is 7.80. The molecule has 4 rings (SSSR count). The summed E-state index contributed by atoms with van der Waals surface area (Å²) in [7, 11) is 4.21. The standard InChI is InChI=1S/C27H37N5O2/c1-27(2,3)34-26(33)31-17-12-20(13-18-31)25-22-11-10-21(23-9-6-7-14-28-23)19-24(22)29-32(25)16-8-15-30(4)5/h6-7,9-11,14,19-20H,8,12-13,15-18H2,1-5H3. The largest absolute Gasteiger partial charge is 0.444 e. The Balaban J connectivity index is 1.59. The van der Waals surface area contributed by atoms with Crippen molar-refractivity contribution in [3.8, 4) is 11.3 Å². The molecule has 0 atom stereocenters. The highest BCUT2D eigenvalue weighted by Crippen LogP contribution is 2.35. The van der Waals surface area contributed by atoms with E-state index in [-0.39, 0.29) is 6.09 Å². The van der Waals surface area contributed by atoms with Crippen LogP contribution in [0.2, 0.25) is 0 Å². The lowest BCUT2D eigenvalue weighted by molar-refractivity contribution is 0.0203. The zero-order chi connectivity index (χ0) is 24.3. The van der Waals surface area contributed by atoms with Gasteiger partial charge in [-0.15, -0.1) is 0 Å². The molecule has 1 aliphatic rings. The van der Waals surface area contributed by atoms with Gasteiger partial charge in [0.15, 0.2) is 0 Å². The van der Waals surface area contributed by atoms with Crippen LogP contribution in [0, 0.1) is 0 Å². The Morgan fingerprint density at radius 2 is 1.91 bits per heavy atom. The lowest BCUT2D eigenvalue weighted by Crippen LogP contribution is -2.41. The molecule has 0 spiro atoms. The summed E-state index contributed by atoms with van der Waals surface area (Å²) in [5.41, 5.74) is 3.87. The first-order valence-corrected chi connectivity index (χ1v) is 12.3. The van der Waals surface area contributed by atoms with Crippen LogP contribution in [0.3, 0.4) is 0 Å². The molecule has 0 unspecified atom stereocenters. The highest BCUT2D eigenvalue weighted by atomic mass is 16.6. The van der Waals surface area contributed by atoms with E-state index in [1.807, 2.05) is 50.1 Å². The van der Waals surface area contributed by atoms with E-state index in [9.17, 15) is 4.79 Å². The van der Waals surface area contributed by atoms with Gasteiger partial charge in [0.05, 0.1) is 11.2 Å². The van der Waals surface area contributed by atoms with Gasteiger partial charge in [-0.25, -0.2) is 4.79 Å². The topological polar surface area (TPSA) is 63.5 Å². The molecule has 1 fully saturated rings. The molecule has 3 aromatic rings. The third-order valence-electron chi connectivity index (χ3n) is 6.25. The molecule has 34 heavy (non-hydrogen) atoms. The van der Waals surface area contributed by atoms with Crippen molar-refractivity contribution in [1.82, 2.24) is 24.6 Å². The number of amides is 1. The number of carbonyl (C=O) groups excluding carboxylic acids is 1. The average Bonchev–Trinajstić information content (AvgIpc) is 3.15. The Morgan fingerprint density at radius 3 is 2.56 bits per heavy atom. The zero-order valence-corrected chi connectivity index (χ0v) is 21.1. The van der Waals surface area contributed by atoms with E-state index in [0.717, 1.165) is 49.1 Å². The minimum Gasteiger partial charge on any atom is -0.444 e. The number of aromatic nitrogens is 3. The van der Waals surface area contributed by atoms with Crippen LogP contribution in [-0.4, -0.2) is 70.0 Å². The zero-order valence-electron chi connectivity index (χ0n) is 21.1. The molecular weight excluding hydrogens is 426 g/mol. The molecule has 0 radical (unpaired) electrons. The van der Waals surface area contributed by atoms with E-state index in [0.29, 0.717) is 19.0 Å². The molecule has 0 bridgehead atoms. The lowest BCUT2D eigenvalue weighted by Gasteiger charge is -2.33. The summed E-state index contributed by atoms with van der Waals surface area (Å²) in [6.07, 6.45) is 4.47. The molecule has 7 heteroatoms. The van der Waals surface area contributed by atoms with Crippen LogP contribution >= 0.6 is 0 Å². The summed E-state index contributed by atoms with van der Waals surface area (Å²) in [6.45, 7) is 9.05. The van der Waals surface area contributed by atoms with Gasteiger partial charge in [0.25, 0.3) is 0 Å². The molecular formula is C27H37N5O2. The third kappa shape index (κ3) is 5.76. The number of piperidine rings is 1. The number of hydrogen-bond acceptors (Lipinski definition) is 5. The molecule has 0 aliphatic carbocycles. The number of pyridine rings is 1. The van der Waals surface area contributed by atoms with Crippen molar-refractivity contribution in [1.29, 1.82) is 0 Å². The maximum atomic E-state index is 12.5. The van der Waals surface area contributed by atoms with E-state index in [4.69, 9.17) is 9.84 Å². The summed E-state index contributed by atoms with van der Waals surface area (Å²) in [4.78, 5) is 21.1. The van der Waals surface area contributed by atoms with Crippen LogP contribution in [-0.2, 0) is 11.3 Å². The number of likely N-dealkylation sites (tertiary alicyclic amines) is 1. The van der Waals surface area contributed by atoms with Gasteiger partial charge < -0.3 is 14.5 Å². The monoisotopic (exact) mass is 463 g/mol. The van der Waals surface area contributed by atoms with Gasteiger partial charge in [-0.3, -0.25) is 9.67 Å². The Kier molecular flexibility index (Phi) is 7.22. The molecule has 2 aromatic heterocycles. The molecule has 0 saturated carbocycles. The fourth-order valence-electron chi connectivity index (χ4n) is 4.65. The fourth-order valence-corrected chi connectivity index (χ4v) is 4.65. The highest BCUT2D eigenvalue weighted by molar-refractivity contribution is 5.86. The maximum absolute atomic E-state index is 12.5. The molecule has 1 aromatic carbocycles. The van der Waals surface area contributed by atoms with Crippen LogP contribution in [0.1, 0.15) is 51.6 Å². The number of fused-ring (bicyclic) bond motifs is 1. The number of rotatable bonds is 6. The highest BCUT2D eigenvalue weighted by Gasteiger charge is 2.30. The van der Waals surface area contributed by atoms with Crippen LogP contribution in [0.4, 0.5) is 4.79 Å². The number of hydrogen-bond donors (Lipinski definition) is 0. The Bertz CT molecular complexity index is 1110. The molecule has 1 aliphatic heterocycles. The van der Waals surface area contributed by atoms with Crippen molar-refractivity contribution in [2.24, 2.45) is 0 Å². The van der Waals surface area contributed by atoms with Gasteiger partial charge in [0.1, 0.15) is 5.60 Å². The van der Waals surface area contributed by atoms with Crippen molar-refractivity contribution < 1.29 is 9.53 Å². The molecule has 1 saturated heterocycles. The maximum Gasteiger partial charge on any atom is 0.410 e. The normalized spacial score (nSPS) is 15.3. The molecule has 1 amide bonds. The second kappa shape index (κ2) is 10.1. The Hall–Kier alpha value is -2.93. The van der Waals surface area contributed by atoms with Crippen LogP contribution < -0.4 is 0 Å². The second-order valence-corrected chi connectivity index (χ2v) is 10.5. The summed E-state index contributed by atoms with van der Waals surface area (Å²) in [6, 6.07) is 12.5. The number of carbonyl (C=O) groups is 1. The summed E-state index contributed by atoms with van der Waals surface area (Å²) in [5.74, 6) is 0.365. The quantitative estimate of drug-likeness (QED) is 0.505. The average molecular weight is 464 g/mol. The van der Waals surface area contributed by atoms with Gasteiger partial charge in [-0.05, 0) is 78.9 Å². The minimum atomic E-state index is -0.472. The van der Waals surface area contributed by atoms with Crippen molar-refractivity contribution in [2.75, 3.05) is 33.7 Å². The van der Waals surface area contributed by atoms with Crippen LogP contribution in [0.5, 0.6) is 0 Å². The van der Waals surface area contributed by atoms with Crippen LogP contribution in [0.25, 0.3) is 22.2 Å². The van der Waals surface area contributed by atoms with E-state index in [1.165, 1.54) is 11.1 Å². The van der Waals surface area contributed by atoms with E-state index >= 15 is 0 Å². The van der Waals surface area contributed by atoms with Gasteiger partial charge in [-0.2, -0.15) is 5.10 Å². The van der Waals surface area contributed by atoms with E-state index in [1.54, 1.807) is 0 Å². The van der Waals surface area contributed by atoms with E-state index < -0.39 is 5.60 Å². The van der Waals surface area contributed by atoms with Crippen LogP contribution in [0.15, 0.2) is 42.6 Å². The minimum absolute atomic E-state index is 0.213. The van der Waals surface area contributed by atoms with Gasteiger partial charge in [-0.1, -0.05) is 18.2 Å². The number of benzene rings is 1. The Labute approximate surface area is 202 Å². The second-order valence-electron chi connectivity index (χ2n) is 10.5. The molecule has 0 N–H and O–H groups in total. The number of aryl methyl sites for hydroxylation is 1. The third-order valence-corrected chi connectivity index (χ3v) is 6.25. The first kappa shape index (κ1) is 24.2. The number of ether oxygens (including phenoxy) is 1. The van der Waals surface area contributed by atoms with Gasteiger partial charge in [0, 0.05) is 48.4 Å². The predicted molar refractivity (Wildman–Crippen MR) is 136 cm³/mol. The molecule has 3 heterocycles. The smallest absolute Gasteiger partial charge is 0.410 e. The predicted octanol–water partition coefficient (Wildman–Crippen LogP) is 5.16. The lowest BCUT2D eigenvalue weighted by atomic mass is 9.91. The summed E-state index contributed by atoms with van der Waals surface area (Å²) >= 11 is 0. The Morgan fingerprint density at radius 1 is 1.15 bits per heavy atom. The molecule has 7 nitrogen and oxygen atoms in total. The van der Waals surface area contributed by atoms with Crippen molar-refractivity contribution in [2.45, 2.75) is 58.1 Å². The number of nitrogens with zero attached hydrogens (tertiary/aromatic N) is 5.